The van der Waals surface area contributed by atoms with E-state index >= 15 is 0 Å². The van der Waals surface area contributed by atoms with Crippen molar-refractivity contribution in [1.82, 2.24) is 14.4 Å². The number of halogens is 2. The Bertz CT molecular complexity index is 2220. The average molecular weight is 763 g/mol. The van der Waals surface area contributed by atoms with E-state index in [0.717, 1.165) is 55.8 Å². The molecule has 276 valence electrons. The minimum Gasteiger partial charge on any atom is -0.508 e. The summed E-state index contributed by atoms with van der Waals surface area (Å²) >= 11 is 6.71. The second kappa shape index (κ2) is 16.1. The van der Waals surface area contributed by atoms with E-state index in [1.54, 1.807) is 42.5 Å². The highest BCUT2D eigenvalue weighted by Gasteiger charge is 2.35. The predicted octanol–water partition coefficient (Wildman–Crippen LogP) is 8.02. The molecule has 1 atom stereocenters. The highest BCUT2D eigenvalue weighted by molar-refractivity contribution is 6.31. The number of rotatable bonds is 7. The van der Waals surface area contributed by atoms with Gasteiger partial charge >= 0.3 is 0 Å². The molecule has 4 heterocycles. The van der Waals surface area contributed by atoms with Crippen LogP contribution in [0.5, 0.6) is 5.75 Å². The van der Waals surface area contributed by atoms with Crippen LogP contribution in [-0.2, 0) is 30.7 Å². The lowest BCUT2D eigenvalue weighted by Crippen LogP contribution is -2.52. The van der Waals surface area contributed by atoms with E-state index in [1.807, 2.05) is 29.2 Å². The first-order valence-corrected chi connectivity index (χ1v) is 18.6. The molecule has 8 rings (SSSR count). The second-order valence-corrected chi connectivity index (χ2v) is 14.4. The van der Waals surface area contributed by atoms with E-state index in [1.165, 1.54) is 22.6 Å². The van der Waals surface area contributed by atoms with Gasteiger partial charge in [0.15, 0.2) is 0 Å². The molecule has 0 radical (unpaired) electrons. The molecular weight excluding hydrogens is 721 g/mol. The number of carbonyl (C=O) groups is 2. The lowest BCUT2D eigenvalue weighted by atomic mass is 9.92. The Morgan fingerprint density at radius 1 is 0.889 bits per heavy atom. The zero-order chi connectivity index (χ0) is 36.5. The third kappa shape index (κ3) is 7.23. The lowest BCUT2D eigenvalue weighted by Gasteiger charge is -2.40. The maximum Gasteiger partial charge on any atom is 0.264 e. The molecule has 0 bridgehead atoms. The minimum absolute atomic E-state index is 0. The molecule has 0 saturated carbocycles. The molecular formula is C43H41Cl2N5O4. The molecule has 1 N–H and O–H groups in total. The van der Waals surface area contributed by atoms with Crippen molar-refractivity contribution in [3.8, 4) is 23.1 Å². The first-order chi connectivity index (χ1) is 25.9. The van der Waals surface area contributed by atoms with Gasteiger partial charge in [0.2, 0.25) is 0 Å². The Hall–Kier alpha value is -5.11. The van der Waals surface area contributed by atoms with Gasteiger partial charge in [-0.05, 0) is 97.5 Å². The number of phenols is 1. The van der Waals surface area contributed by atoms with Gasteiger partial charge in [-0.25, -0.2) is 0 Å². The fourth-order valence-electron chi connectivity index (χ4n) is 8.08. The van der Waals surface area contributed by atoms with Gasteiger partial charge in [-0.1, -0.05) is 48.0 Å². The SMILES string of the molecule is Cl.N#Cc1ccccc1N(C(=O)c1cc(-c2cc(Cl)ccc2C(=O)N2Cc3ccccc3C[C@H]2CN2CCOCC2)n2c1CCCC2)c1ccc(O)cc1. The van der Waals surface area contributed by atoms with Crippen LogP contribution in [-0.4, -0.2) is 70.2 Å². The zero-order valence-corrected chi connectivity index (χ0v) is 31.4. The maximum absolute atomic E-state index is 15.0. The summed E-state index contributed by atoms with van der Waals surface area (Å²) in [6.45, 7) is 4.98. The van der Waals surface area contributed by atoms with Crippen molar-refractivity contribution in [3.05, 3.63) is 136 Å². The van der Waals surface area contributed by atoms with Crippen LogP contribution in [0.3, 0.4) is 0 Å². The number of ether oxygens (including phenoxy) is 1. The number of anilines is 2. The molecule has 1 aromatic heterocycles. The van der Waals surface area contributed by atoms with Crippen molar-refractivity contribution in [1.29, 1.82) is 5.26 Å². The molecule has 3 aliphatic heterocycles. The van der Waals surface area contributed by atoms with E-state index in [4.69, 9.17) is 16.3 Å². The van der Waals surface area contributed by atoms with E-state index in [9.17, 15) is 20.0 Å². The normalized spacial score (nSPS) is 16.7. The van der Waals surface area contributed by atoms with Crippen molar-refractivity contribution < 1.29 is 19.4 Å². The fourth-order valence-corrected chi connectivity index (χ4v) is 8.25. The van der Waals surface area contributed by atoms with Crippen LogP contribution in [0.15, 0.2) is 97.1 Å². The van der Waals surface area contributed by atoms with Gasteiger partial charge in [0.1, 0.15) is 11.8 Å². The molecule has 1 saturated heterocycles. The second-order valence-electron chi connectivity index (χ2n) is 13.9. The number of phenolic OH excluding ortho intramolecular Hbond substituents is 1. The third-order valence-electron chi connectivity index (χ3n) is 10.7. The standard InChI is InChI=1S/C43H40ClN5O4.ClH/c44-32-12-17-36(42(51)48-27-31-9-2-1-7-29(31)23-34(48)28-46-19-21-53-22-20-46)37(24-32)41-25-38(40-11-5-6-18-47(40)41)43(52)49(33-13-15-35(50)16-14-33)39-10-4-3-8-30(39)26-45;/h1-4,7-10,12-17,24-25,34,50H,5-6,11,18-23,27-28H2;1H/t34-;/m0./s1. The van der Waals surface area contributed by atoms with Gasteiger partial charge in [0.05, 0.1) is 30.0 Å². The average Bonchev–Trinajstić information content (AvgIpc) is 3.58. The largest absolute Gasteiger partial charge is 0.508 e. The fraction of sp³-hybridized carbons (Fsp3) is 0.279. The number of benzene rings is 4. The number of hydrogen-bond acceptors (Lipinski definition) is 6. The molecule has 1 fully saturated rings. The number of amides is 2. The highest BCUT2D eigenvalue weighted by atomic mass is 35.5. The van der Waals surface area contributed by atoms with Crippen molar-refractivity contribution >= 4 is 47.2 Å². The number of aromatic nitrogens is 1. The minimum atomic E-state index is -0.302. The zero-order valence-electron chi connectivity index (χ0n) is 29.8. The molecule has 11 heteroatoms. The van der Waals surface area contributed by atoms with Gasteiger partial charge in [0, 0.05) is 72.0 Å². The summed E-state index contributed by atoms with van der Waals surface area (Å²) in [5.41, 5.74) is 7.08. The van der Waals surface area contributed by atoms with Crippen LogP contribution in [0.4, 0.5) is 11.4 Å². The Balaban J connectivity index is 0.00000450. The number of carbonyl (C=O) groups excluding carboxylic acids is 2. The summed E-state index contributed by atoms with van der Waals surface area (Å²) in [5.74, 6) is -0.304. The van der Waals surface area contributed by atoms with Crippen LogP contribution < -0.4 is 4.90 Å². The molecule has 2 amide bonds. The van der Waals surface area contributed by atoms with Gasteiger partial charge < -0.3 is 19.3 Å². The summed E-state index contributed by atoms with van der Waals surface area (Å²) in [4.78, 5) is 35.8. The Kier molecular flexibility index (Phi) is 11.1. The lowest BCUT2D eigenvalue weighted by molar-refractivity contribution is 0.0193. The Morgan fingerprint density at radius 3 is 2.41 bits per heavy atom. The van der Waals surface area contributed by atoms with Crippen molar-refractivity contribution in [2.45, 2.75) is 44.8 Å². The molecule has 9 nitrogen and oxygen atoms in total. The van der Waals surface area contributed by atoms with E-state index in [2.05, 4.69) is 33.7 Å². The Labute approximate surface area is 326 Å². The van der Waals surface area contributed by atoms with Crippen LogP contribution in [0.25, 0.3) is 11.3 Å². The van der Waals surface area contributed by atoms with Crippen molar-refractivity contribution in [2.24, 2.45) is 0 Å². The van der Waals surface area contributed by atoms with E-state index < -0.39 is 0 Å². The van der Waals surface area contributed by atoms with E-state index in [0.29, 0.717) is 71.4 Å². The number of nitrogens with zero attached hydrogens (tertiary/aromatic N) is 5. The summed E-state index contributed by atoms with van der Waals surface area (Å²) in [5, 5.41) is 20.6. The number of morpholine rings is 1. The topological polar surface area (TPSA) is 102 Å². The summed E-state index contributed by atoms with van der Waals surface area (Å²) in [6, 6.07) is 31.3. The van der Waals surface area contributed by atoms with Gasteiger partial charge in [-0.3, -0.25) is 19.4 Å². The quantitative estimate of drug-likeness (QED) is 0.180. The Morgan fingerprint density at radius 2 is 1.63 bits per heavy atom. The number of hydrogen-bond donors (Lipinski definition) is 1. The molecule has 0 aliphatic carbocycles. The molecule has 54 heavy (non-hydrogen) atoms. The van der Waals surface area contributed by atoms with Crippen molar-refractivity contribution in [3.63, 3.8) is 0 Å². The molecule has 3 aliphatic rings. The van der Waals surface area contributed by atoms with Gasteiger partial charge in [-0.15, -0.1) is 12.4 Å². The highest BCUT2D eigenvalue weighted by Crippen LogP contribution is 2.39. The third-order valence-corrected chi connectivity index (χ3v) is 11.0. The molecule has 0 unspecified atom stereocenters. The van der Waals surface area contributed by atoms with Crippen molar-refractivity contribution in [2.75, 3.05) is 37.7 Å². The molecule has 4 aromatic carbocycles. The molecule has 5 aromatic rings. The van der Waals surface area contributed by atoms with Crippen LogP contribution in [0.2, 0.25) is 5.02 Å². The number of para-hydroxylation sites is 1. The number of aromatic hydroxyl groups is 1. The maximum atomic E-state index is 15.0. The first kappa shape index (κ1) is 37.2. The predicted molar refractivity (Wildman–Crippen MR) is 212 cm³/mol. The van der Waals surface area contributed by atoms with Gasteiger partial charge in [-0.2, -0.15) is 5.26 Å². The smallest absolute Gasteiger partial charge is 0.264 e. The molecule has 0 spiro atoms. The van der Waals surface area contributed by atoms with E-state index in [-0.39, 0.29) is 36.0 Å². The van der Waals surface area contributed by atoms with Crippen LogP contribution in [0.1, 0.15) is 55.9 Å². The summed E-state index contributed by atoms with van der Waals surface area (Å²) in [7, 11) is 0. The van der Waals surface area contributed by atoms with Gasteiger partial charge in [0.25, 0.3) is 11.8 Å². The summed E-state index contributed by atoms with van der Waals surface area (Å²) in [6.07, 6.45) is 3.28. The monoisotopic (exact) mass is 761 g/mol. The van der Waals surface area contributed by atoms with Crippen LogP contribution in [0, 0.1) is 11.3 Å². The number of nitriles is 1. The number of fused-ring (bicyclic) bond motifs is 2. The van der Waals surface area contributed by atoms with Crippen LogP contribution >= 0.6 is 24.0 Å². The summed E-state index contributed by atoms with van der Waals surface area (Å²) < 4.78 is 7.79. The first-order valence-electron chi connectivity index (χ1n) is 18.2.